The van der Waals surface area contributed by atoms with Crippen molar-refractivity contribution in [3.05, 3.63) is 36.8 Å². The van der Waals surface area contributed by atoms with E-state index in [4.69, 9.17) is 0 Å². The van der Waals surface area contributed by atoms with Crippen LogP contribution in [0.2, 0.25) is 0 Å². The van der Waals surface area contributed by atoms with Crippen LogP contribution in [0, 0.1) is 5.92 Å². The van der Waals surface area contributed by atoms with Crippen LogP contribution in [-0.4, -0.2) is 41.9 Å². The average Bonchev–Trinajstić information content (AvgIpc) is 3.27. The fourth-order valence-electron chi connectivity index (χ4n) is 3.20. The zero-order valence-corrected chi connectivity index (χ0v) is 16.3. The molecule has 4 rings (SSSR count). The Balaban J connectivity index is 1.40. The lowest BCUT2D eigenvalue weighted by Gasteiger charge is -2.30. The molecule has 1 fully saturated rings. The van der Waals surface area contributed by atoms with Crippen LogP contribution in [0.25, 0.3) is 10.2 Å². The largest absolute Gasteiger partial charge is 0.348 e. The molecule has 0 spiro atoms. The lowest BCUT2D eigenvalue weighted by Crippen LogP contribution is -2.42. The SMILES string of the molecule is Cn1cncc1S(=O)(=O)NC(=O)C1CCN(c2nc3ccccc3s2)CC1. The van der Waals surface area contributed by atoms with E-state index < -0.39 is 15.9 Å². The normalized spacial score (nSPS) is 16.0. The average molecular weight is 406 g/mol. The number of thiazole rings is 1. The highest BCUT2D eigenvalue weighted by Crippen LogP contribution is 2.31. The van der Waals surface area contributed by atoms with Crippen molar-refractivity contribution in [2.75, 3.05) is 18.0 Å². The second-order valence-corrected chi connectivity index (χ2v) is 9.18. The van der Waals surface area contributed by atoms with Gasteiger partial charge in [-0.3, -0.25) is 4.79 Å². The smallest absolute Gasteiger partial charge is 0.281 e. The van der Waals surface area contributed by atoms with Gasteiger partial charge in [0.2, 0.25) is 5.91 Å². The number of nitrogens with zero attached hydrogens (tertiary/aromatic N) is 4. The third-order valence-electron chi connectivity index (χ3n) is 4.70. The molecule has 1 saturated heterocycles. The fourth-order valence-corrected chi connectivity index (χ4v) is 5.38. The standard InChI is InChI=1S/C17H19N5O3S2/c1-21-11-18-10-15(21)27(24,25)20-16(23)12-6-8-22(9-7-12)17-19-13-4-2-3-5-14(13)26-17/h2-5,10-12H,6-9H2,1H3,(H,20,23). The van der Waals surface area contributed by atoms with Crippen molar-refractivity contribution in [1.29, 1.82) is 0 Å². The van der Waals surface area contributed by atoms with Gasteiger partial charge in [0.05, 0.1) is 22.7 Å². The van der Waals surface area contributed by atoms with Crippen LogP contribution < -0.4 is 9.62 Å². The number of hydrogen-bond donors (Lipinski definition) is 1. The van der Waals surface area contributed by atoms with Crippen molar-refractivity contribution >= 4 is 42.6 Å². The molecular formula is C17H19N5O3S2. The summed E-state index contributed by atoms with van der Waals surface area (Å²) in [6.07, 6.45) is 3.78. The number of imidazole rings is 1. The van der Waals surface area contributed by atoms with Gasteiger partial charge in [0, 0.05) is 26.1 Å². The summed E-state index contributed by atoms with van der Waals surface area (Å²) in [5.41, 5.74) is 0.972. The molecule has 1 aromatic carbocycles. The second kappa shape index (κ2) is 6.93. The number of aryl methyl sites for hydroxylation is 1. The number of aromatic nitrogens is 3. The maximum atomic E-state index is 12.5. The predicted molar refractivity (Wildman–Crippen MR) is 103 cm³/mol. The molecule has 142 valence electrons. The lowest BCUT2D eigenvalue weighted by atomic mass is 9.97. The first-order valence-electron chi connectivity index (χ1n) is 8.57. The van der Waals surface area contributed by atoms with E-state index in [-0.39, 0.29) is 10.9 Å². The van der Waals surface area contributed by atoms with E-state index in [0.29, 0.717) is 25.9 Å². The van der Waals surface area contributed by atoms with Gasteiger partial charge >= 0.3 is 0 Å². The van der Waals surface area contributed by atoms with E-state index in [2.05, 4.69) is 19.6 Å². The highest BCUT2D eigenvalue weighted by atomic mass is 32.2. The number of carbonyl (C=O) groups is 1. The van der Waals surface area contributed by atoms with Gasteiger partial charge in [0.15, 0.2) is 10.2 Å². The molecule has 0 atom stereocenters. The number of benzene rings is 1. The number of anilines is 1. The Hall–Kier alpha value is -2.46. The number of piperidine rings is 1. The molecule has 0 bridgehead atoms. The topological polar surface area (TPSA) is 97.2 Å². The minimum Gasteiger partial charge on any atom is -0.348 e. The van der Waals surface area contributed by atoms with Crippen molar-refractivity contribution in [1.82, 2.24) is 19.3 Å². The number of rotatable bonds is 4. The zero-order valence-electron chi connectivity index (χ0n) is 14.7. The Morgan fingerprint density at radius 3 is 2.67 bits per heavy atom. The van der Waals surface area contributed by atoms with Crippen molar-refractivity contribution in [3.8, 4) is 0 Å². The quantitative estimate of drug-likeness (QED) is 0.710. The molecule has 2 aromatic heterocycles. The van der Waals surface area contributed by atoms with Crippen LogP contribution in [0.5, 0.6) is 0 Å². The Kier molecular flexibility index (Phi) is 4.60. The van der Waals surface area contributed by atoms with Gasteiger partial charge in [-0.15, -0.1) is 0 Å². The highest BCUT2D eigenvalue weighted by molar-refractivity contribution is 7.90. The summed E-state index contributed by atoms with van der Waals surface area (Å²) >= 11 is 1.63. The van der Waals surface area contributed by atoms with Crippen molar-refractivity contribution in [2.45, 2.75) is 17.9 Å². The highest BCUT2D eigenvalue weighted by Gasteiger charge is 2.30. The summed E-state index contributed by atoms with van der Waals surface area (Å²) in [5, 5.41) is 0.917. The van der Waals surface area contributed by atoms with E-state index in [1.807, 2.05) is 24.3 Å². The van der Waals surface area contributed by atoms with E-state index in [0.717, 1.165) is 15.3 Å². The summed E-state index contributed by atoms with van der Waals surface area (Å²) in [5.74, 6) is -0.793. The number of sulfonamides is 1. The molecule has 1 aliphatic heterocycles. The first-order valence-corrected chi connectivity index (χ1v) is 10.9. The zero-order chi connectivity index (χ0) is 19.0. The van der Waals surface area contributed by atoms with Gasteiger partial charge in [-0.05, 0) is 25.0 Å². The molecule has 10 heteroatoms. The summed E-state index contributed by atoms with van der Waals surface area (Å²) in [7, 11) is -2.33. The maximum absolute atomic E-state index is 12.5. The first kappa shape index (κ1) is 17.9. The van der Waals surface area contributed by atoms with Crippen LogP contribution >= 0.6 is 11.3 Å². The maximum Gasteiger partial charge on any atom is 0.281 e. The Morgan fingerprint density at radius 1 is 1.26 bits per heavy atom. The van der Waals surface area contributed by atoms with Crippen LogP contribution in [0.3, 0.4) is 0 Å². The Bertz CT molecular complexity index is 1050. The van der Waals surface area contributed by atoms with Gasteiger partial charge in [-0.1, -0.05) is 23.5 Å². The monoisotopic (exact) mass is 405 g/mol. The lowest BCUT2D eigenvalue weighted by molar-refractivity contribution is -0.123. The number of hydrogen-bond acceptors (Lipinski definition) is 7. The summed E-state index contributed by atoms with van der Waals surface area (Å²) in [6, 6.07) is 7.98. The summed E-state index contributed by atoms with van der Waals surface area (Å²) in [4.78, 5) is 23.0. The van der Waals surface area contributed by atoms with Crippen molar-refractivity contribution in [3.63, 3.8) is 0 Å². The Morgan fingerprint density at radius 2 is 2.00 bits per heavy atom. The number of nitrogens with one attached hydrogen (secondary N) is 1. The van der Waals surface area contributed by atoms with Crippen molar-refractivity contribution in [2.24, 2.45) is 13.0 Å². The summed E-state index contributed by atoms with van der Waals surface area (Å²) < 4.78 is 29.4. The molecular weight excluding hydrogens is 386 g/mol. The third-order valence-corrected chi connectivity index (χ3v) is 7.21. The number of amides is 1. The third kappa shape index (κ3) is 3.54. The predicted octanol–water partition coefficient (Wildman–Crippen LogP) is 1.75. The molecule has 0 aliphatic carbocycles. The van der Waals surface area contributed by atoms with Gasteiger partial charge in [0.25, 0.3) is 10.0 Å². The van der Waals surface area contributed by atoms with Crippen LogP contribution in [0.4, 0.5) is 5.13 Å². The van der Waals surface area contributed by atoms with Gasteiger partial charge in [-0.25, -0.2) is 14.7 Å². The number of carbonyl (C=O) groups excluding carboxylic acids is 1. The van der Waals surface area contributed by atoms with E-state index >= 15 is 0 Å². The van der Waals surface area contributed by atoms with Gasteiger partial charge < -0.3 is 9.47 Å². The molecule has 1 N–H and O–H groups in total. The summed E-state index contributed by atoms with van der Waals surface area (Å²) in [6.45, 7) is 1.34. The first-order chi connectivity index (χ1) is 12.9. The molecule has 1 amide bonds. The minimum atomic E-state index is -3.90. The van der Waals surface area contributed by atoms with Gasteiger partial charge in [0.1, 0.15) is 0 Å². The minimum absolute atomic E-state index is 0.0252. The van der Waals surface area contributed by atoms with Crippen LogP contribution in [-0.2, 0) is 21.9 Å². The number of fused-ring (bicyclic) bond motifs is 1. The molecule has 3 heterocycles. The molecule has 0 saturated carbocycles. The van der Waals surface area contributed by atoms with Crippen LogP contribution in [0.15, 0.2) is 41.8 Å². The molecule has 0 unspecified atom stereocenters. The fraction of sp³-hybridized carbons (Fsp3) is 0.353. The number of para-hydroxylation sites is 1. The Labute approximate surface area is 160 Å². The molecule has 8 nitrogen and oxygen atoms in total. The van der Waals surface area contributed by atoms with Gasteiger partial charge in [-0.2, -0.15) is 8.42 Å². The second-order valence-electron chi connectivity index (χ2n) is 6.54. The van der Waals surface area contributed by atoms with E-state index in [1.54, 1.807) is 18.4 Å². The van der Waals surface area contributed by atoms with E-state index in [1.165, 1.54) is 17.1 Å². The molecule has 3 aromatic rings. The molecule has 0 radical (unpaired) electrons. The van der Waals surface area contributed by atoms with Crippen LogP contribution in [0.1, 0.15) is 12.8 Å². The molecule has 1 aliphatic rings. The molecule has 27 heavy (non-hydrogen) atoms. The van der Waals surface area contributed by atoms with Crippen molar-refractivity contribution < 1.29 is 13.2 Å². The van der Waals surface area contributed by atoms with E-state index in [9.17, 15) is 13.2 Å².